The molecule has 0 bridgehead atoms. The number of aromatic nitrogens is 4. The van der Waals surface area contributed by atoms with Crippen LogP contribution < -0.4 is 5.32 Å². The van der Waals surface area contributed by atoms with Crippen LogP contribution >= 0.6 is 0 Å². The smallest absolute Gasteiger partial charge is 0.143 e. The van der Waals surface area contributed by atoms with Gasteiger partial charge in [0.15, 0.2) is 0 Å². The maximum atomic E-state index is 3.87. The molecule has 0 radical (unpaired) electrons. The molecule has 0 unspecified atom stereocenters. The van der Waals surface area contributed by atoms with Gasteiger partial charge >= 0.3 is 0 Å². The van der Waals surface area contributed by atoms with Crippen molar-refractivity contribution in [2.24, 2.45) is 5.92 Å². The Morgan fingerprint density at radius 3 is 2.58 bits per heavy atom. The fourth-order valence-corrected chi connectivity index (χ4v) is 2.67. The Hall–Kier alpha value is -1.91. The summed E-state index contributed by atoms with van der Waals surface area (Å²) in [6.07, 6.45) is 8.54. The van der Waals surface area contributed by atoms with Gasteiger partial charge in [-0.05, 0) is 53.5 Å². The van der Waals surface area contributed by atoms with E-state index in [1.165, 1.54) is 37.8 Å². The Morgan fingerprint density at radius 2 is 1.89 bits per heavy atom. The van der Waals surface area contributed by atoms with E-state index in [0.29, 0.717) is 0 Å². The Morgan fingerprint density at radius 1 is 1.11 bits per heavy atom. The molecule has 0 atom stereocenters. The van der Waals surface area contributed by atoms with Crippen LogP contribution in [0.15, 0.2) is 30.6 Å². The number of hydrogen-bond acceptors (Lipinski definition) is 4. The molecule has 100 valence electrons. The van der Waals surface area contributed by atoms with Crippen LogP contribution in [-0.4, -0.2) is 26.8 Å². The molecule has 1 aliphatic rings. The summed E-state index contributed by atoms with van der Waals surface area (Å²) in [5.41, 5.74) is 2.15. The number of rotatable bonds is 4. The van der Waals surface area contributed by atoms with Crippen molar-refractivity contribution in [1.82, 2.24) is 20.2 Å². The van der Waals surface area contributed by atoms with Gasteiger partial charge in [-0.1, -0.05) is 19.3 Å². The molecule has 1 aromatic heterocycles. The molecule has 5 nitrogen and oxygen atoms in total. The molecular weight excluding hydrogens is 238 g/mol. The first-order valence-corrected chi connectivity index (χ1v) is 6.99. The van der Waals surface area contributed by atoms with Crippen LogP contribution in [-0.2, 0) is 0 Å². The van der Waals surface area contributed by atoms with Crippen LogP contribution in [0.5, 0.6) is 0 Å². The topological polar surface area (TPSA) is 55.6 Å². The zero-order valence-corrected chi connectivity index (χ0v) is 11.0. The second-order valence-electron chi connectivity index (χ2n) is 5.19. The number of hydrogen-bond donors (Lipinski definition) is 1. The Kier molecular flexibility index (Phi) is 3.72. The van der Waals surface area contributed by atoms with Crippen molar-refractivity contribution < 1.29 is 0 Å². The third-order valence-corrected chi connectivity index (χ3v) is 3.80. The van der Waals surface area contributed by atoms with E-state index in [2.05, 4.69) is 33.0 Å². The fourth-order valence-electron chi connectivity index (χ4n) is 2.67. The summed E-state index contributed by atoms with van der Waals surface area (Å²) in [5.74, 6) is 0.841. The summed E-state index contributed by atoms with van der Waals surface area (Å²) < 4.78 is 1.66. The first-order chi connectivity index (χ1) is 9.42. The normalized spacial score (nSPS) is 16.4. The van der Waals surface area contributed by atoms with Crippen LogP contribution in [0.1, 0.15) is 32.1 Å². The van der Waals surface area contributed by atoms with Gasteiger partial charge in [-0.3, -0.25) is 0 Å². The predicted octanol–water partition coefficient (Wildman–Crippen LogP) is 2.65. The minimum absolute atomic E-state index is 0.841. The Bertz CT molecular complexity index is 485. The van der Waals surface area contributed by atoms with E-state index >= 15 is 0 Å². The zero-order chi connectivity index (χ0) is 12.9. The number of anilines is 1. The molecule has 1 fully saturated rings. The van der Waals surface area contributed by atoms with Gasteiger partial charge in [0.25, 0.3) is 0 Å². The monoisotopic (exact) mass is 257 g/mol. The molecule has 3 rings (SSSR count). The molecule has 19 heavy (non-hydrogen) atoms. The van der Waals surface area contributed by atoms with Gasteiger partial charge in [0.1, 0.15) is 6.33 Å². The summed E-state index contributed by atoms with van der Waals surface area (Å²) in [5, 5.41) is 14.7. The van der Waals surface area contributed by atoms with Gasteiger partial charge in [0.2, 0.25) is 0 Å². The van der Waals surface area contributed by atoms with Crippen LogP contribution in [0.3, 0.4) is 0 Å². The average molecular weight is 257 g/mol. The lowest BCUT2D eigenvalue weighted by molar-refractivity contribution is 0.373. The van der Waals surface area contributed by atoms with Crippen molar-refractivity contribution in [2.75, 3.05) is 11.9 Å². The maximum Gasteiger partial charge on any atom is 0.143 e. The molecular formula is C14H19N5. The van der Waals surface area contributed by atoms with E-state index in [9.17, 15) is 0 Å². The SMILES string of the molecule is c1cc(-n2cnnn2)ccc1NCC1CCCCC1. The standard InChI is InChI=1S/C14H19N5/c1-2-4-12(5-3-1)10-15-13-6-8-14(9-7-13)19-11-16-17-18-19/h6-9,11-12,15H,1-5,10H2. The zero-order valence-electron chi connectivity index (χ0n) is 11.0. The lowest BCUT2D eigenvalue weighted by Gasteiger charge is -2.22. The van der Waals surface area contributed by atoms with Gasteiger partial charge in [0.05, 0.1) is 5.69 Å². The Balaban J connectivity index is 1.57. The van der Waals surface area contributed by atoms with Crippen molar-refractivity contribution in [2.45, 2.75) is 32.1 Å². The van der Waals surface area contributed by atoms with Gasteiger partial charge in [-0.25, -0.2) is 4.68 Å². The maximum absolute atomic E-state index is 3.87. The highest BCUT2D eigenvalue weighted by molar-refractivity contribution is 5.48. The van der Waals surface area contributed by atoms with Crippen LogP contribution in [0, 0.1) is 5.92 Å². The second kappa shape index (κ2) is 5.82. The van der Waals surface area contributed by atoms with Gasteiger partial charge < -0.3 is 5.32 Å². The predicted molar refractivity (Wildman–Crippen MR) is 74.2 cm³/mol. The van der Waals surface area contributed by atoms with Crippen molar-refractivity contribution in [3.05, 3.63) is 30.6 Å². The van der Waals surface area contributed by atoms with Crippen molar-refractivity contribution >= 4 is 5.69 Å². The fraction of sp³-hybridized carbons (Fsp3) is 0.500. The highest BCUT2D eigenvalue weighted by Gasteiger charge is 2.12. The molecule has 0 aliphatic heterocycles. The molecule has 1 aliphatic carbocycles. The molecule has 5 heteroatoms. The first kappa shape index (κ1) is 12.1. The first-order valence-electron chi connectivity index (χ1n) is 6.99. The Labute approximate surface area is 113 Å². The van der Waals surface area contributed by atoms with E-state index in [-0.39, 0.29) is 0 Å². The van der Waals surface area contributed by atoms with E-state index in [0.717, 1.165) is 18.2 Å². The second-order valence-corrected chi connectivity index (χ2v) is 5.19. The summed E-state index contributed by atoms with van der Waals surface area (Å²) in [6, 6.07) is 8.22. The van der Waals surface area contributed by atoms with Crippen molar-refractivity contribution in [1.29, 1.82) is 0 Å². The molecule has 1 heterocycles. The lowest BCUT2D eigenvalue weighted by atomic mass is 9.89. The van der Waals surface area contributed by atoms with Crippen LogP contribution in [0.2, 0.25) is 0 Å². The molecule has 1 N–H and O–H groups in total. The highest BCUT2D eigenvalue weighted by Crippen LogP contribution is 2.24. The van der Waals surface area contributed by atoms with Gasteiger partial charge in [-0.2, -0.15) is 0 Å². The number of benzene rings is 1. The van der Waals surface area contributed by atoms with Crippen molar-refractivity contribution in [3.63, 3.8) is 0 Å². The molecule has 1 saturated carbocycles. The summed E-state index contributed by atoms with van der Waals surface area (Å²) >= 11 is 0. The summed E-state index contributed by atoms with van der Waals surface area (Å²) in [4.78, 5) is 0. The van der Waals surface area contributed by atoms with Crippen molar-refractivity contribution in [3.8, 4) is 5.69 Å². The minimum atomic E-state index is 0.841. The van der Waals surface area contributed by atoms with E-state index in [4.69, 9.17) is 0 Å². The minimum Gasteiger partial charge on any atom is -0.385 e. The third kappa shape index (κ3) is 3.10. The number of tetrazole rings is 1. The van der Waals surface area contributed by atoms with E-state index in [1.54, 1.807) is 11.0 Å². The van der Waals surface area contributed by atoms with E-state index in [1.807, 2.05) is 12.1 Å². The molecule has 0 saturated heterocycles. The largest absolute Gasteiger partial charge is 0.385 e. The third-order valence-electron chi connectivity index (χ3n) is 3.80. The number of nitrogens with one attached hydrogen (secondary N) is 1. The lowest BCUT2D eigenvalue weighted by Crippen LogP contribution is -2.17. The summed E-state index contributed by atoms with van der Waals surface area (Å²) in [6.45, 7) is 1.09. The van der Waals surface area contributed by atoms with Gasteiger partial charge in [-0.15, -0.1) is 5.10 Å². The van der Waals surface area contributed by atoms with Gasteiger partial charge in [0, 0.05) is 12.2 Å². The highest BCUT2D eigenvalue weighted by atomic mass is 15.5. The quantitative estimate of drug-likeness (QED) is 0.915. The van der Waals surface area contributed by atoms with Crippen LogP contribution in [0.25, 0.3) is 5.69 Å². The molecule has 0 amide bonds. The van der Waals surface area contributed by atoms with E-state index < -0.39 is 0 Å². The number of nitrogens with zero attached hydrogens (tertiary/aromatic N) is 4. The molecule has 0 spiro atoms. The molecule has 2 aromatic rings. The average Bonchev–Trinajstić information content (AvgIpc) is 3.01. The summed E-state index contributed by atoms with van der Waals surface area (Å²) in [7, 11) is 0. The van der Waals surface area contributed by atoms with Crippen LogP contribution in [0.4, 0.5) is 5.69 Å². The molecule has 1 aromatic carbocycles.